The highest BCUT2D eigenvalue weighted by Gasteiger charge is 2.37. The highest BCUT2D eigenvalue weighted by atomic mass is 15.1. The van der Waals surface area contributed by atoms with Gasteiger partial charge in [0.05, 0.1) is 0 Å². The molecule has 1 heteroatoms. The molecule has 0 aliphatic heterocycles. The Balaban J connectivity index is 1.06. The molecule has 1 nitrogen and oxygen atoms in total. The summed E-state index contributed by atoms with van der Waals surface area (Å²) in [5.74, 6) is 0. The van der Waals surface area contributed by atoms with Crippen LogP contribution in [0.2, 0.25) is 0 Å². The first-order valence-electron chi connectivity index (χ1n) is 19.2. The lowest BCUT2D eigenvalue weighted by atomic mass is 9.81. The Hall–Kier alpha value is -6.18. The molecule has 0 atom stereocenters. The summed E-state index contributed by atoms with van der Waals surface area (Å²) in [6, 6.07) is 59.7. The van der Waals surface area contributed by atoms with Gasteiger partial charge in [0.2, 0.25) is 0 Å². The summed E-state index contributed by atoms with van der Waals surface area (Å²) in [7, 11) is 0. The first-order valence-corrected chi connectivity index (χ1v) is 19.2. The van der Waals surface area contributed by atoms with Gasteiger partial charge in [-0.3, -0.25) is 0 Å². The van der Waals surface area contributed by atoms with E-state index in [1.807, 2.05) is 0 Å². The third-order valence-corrected chi connectivity index (χ3v) is 12.8. The standard InChI is InChI=1S/C53H41N/c1-32-12-6-11-17-51(32)54(41-20-18-37-26-45-43-24-33-13-7-9-15-35(33)28-47(43)52(2,3)49(45)30-39(37)22-41)42-21-19-38-27-46-44-25-34-14-8-10-16-36(34)29-48(44)53(4,5)50(46)31-40(38)23-42/h6-31H,1-5H3. The summed E-state index contributed by atoms with van der Waals surface area (Å²) in [6.45, 7) is 11.8. The van der Waals surface area contributed by atoms with Crippen molar-refractivity contribution in [1.82, 2.24) is 0 Å². The SMILES string of the molecule is Cc1ccccc1N(c1ccc2cc3c(cc2c1)C(C)(C)c1cc2ccccc2cc1-3)c1ccc2cc3c(cc2c1)C(C)(C)c1cc2ccccc2cc1-3. The molecular formula is C53H41N. The predicted molar refractivity (Wildman–Crippen MR) is 231 cm³/mol. The van der Waals surface area contributed by atoms with Crippen LogP contribution in [-0.2, 0) is 10.8 Å². The van der Waals surface area contributed by atoms with Gasteiger partial charge in [-0.25, -0.2) is 0 Å². The van der Waals surface area contributed by atoms with Crippen LogP contribution in [0.3, 0.4) is 0 Å². The quantitative estimate of drug-likeness (QED) is 0.178. The first-order chi connectivity index (χ1) is 26.1. The maximum absolute atomic E-state index is 2.46. The van der Waals surface area contributed by atoms with E-state index in [4.69, 9.17) is 0 Å². The number of aryl methyl sites for hydroxylation is 1. The molecule has 0 spiro atoms. The highest BCUT2D eigenvalue weighted by molar-refractivity contribution is 6.02. The second-order valence-corrected chi connectivity index (χ2v) is 16.7. The van der Waals surface area contributed by atoms with E-state index >= 15 is 0 Å². The van der Waals surface area contributed by atoms with Crippen molar-refractivity contribution in [2.45, 2.75) is 45.4 Å². The monoisotopic (exact) mass is 691 g/mol. The average Bonchev–Trinajstić information content (AvgIpc) is 3.52. The molecule has 0 saturated heterocycles. The average molecular weight is 692 g/mol. The molecule has 0 saturated carbocycles. The van der Waals surface area contributed by atoms with Crippen LogP contribution in [0.4, 0.5) is 17.1 Å². The number of nitrogens with zero attached hydrogens (tertiary/aromatic N) is 1. The Kier molecular flexibility index (Phi) is 6.35. The second kappa shape index (κ2) is 10.9. The van der Waals surface area contributed by atoms with Crippen LogP contribution in [0, 0.1) is 6.92 Å². The minimum atomic E-state index is -0.0899. The van der Waals surface area contributed by atoms with E-state index in [2.05, 4.69) is 197 Å². The number of para-hydroxylation sites is 1. The molecule has 11 rings (SSSR count). The minimum absolute atomic E-state index is 0.0899. The van der Waals surface area contributed by atoms with Crippen LogP contribution in [0.1, 0.15) is 55.5 Å². The van der Waals surface area contributed by atoms with Gasteiger partial charge in [0.1, 0.15) is 0 Å². The van der Waals surface area contributed by atoms with Gasteiger partial charge in [0, 0.05) is 27.9 Å². The molecule has 0 N–H and O–H groups in total. The Morgan fingerprint density at radius 3 is 1.07 bits per heavy atom. The molecule has 2 aliphatic carbocycles. The van der Waals surface area contributed by atoms with Crippen molar-refractivity contribution in [2.75, 3.05) is 4.90 Å². The topological polar surface area (TPSA) is 3.24 Å². The molecule has 258 valence electrons. The Morgan fingerprint density at radius 2 is 0.667 bits per heavy atom. The van der Waals surface area contributed by atoms with Crippen molar-refractivity contribution in [3.8, 4) is 22.3 Å². The summed E-state index contributed by atoms with van der Waals surface area (Å²) in [5.41, 5.74) is 15.6. The zero-order valence-electron chi connectivity index (χ0n) is 31.5. The fourth-order valence-electron chi connectivity index (χ4n) is 9.82. The molecule has 0 aromatic heterocycles. The van der Waals surface area contributed by atoms with E-state index in [0.29, 0.717) is 0 Å². The summed E-state index contributed by atoms with van der Waals surface area (Å²) in [5, 5.41) is 10.3. The lowest BCUT2D eigenvalue weighted by molar-refractivity contribution is 0.662. The number of hydrogen-bond donors (Lipinski definition) is 0. The maximum Gasteiger partial charge on any atom is 0.0490 e. The smallest absolute Gasteiger partial charge is 0.0490 e. The molecule has 0 unspecified atom stereocenters. The van der Waals surface area contributed by atoms with Crippen LogP contribution in [0.5, 0.6) is 0 Å². The lowest BCUT2D eigenvalue weighted by Crippen LogP contribution is -2.15. The fourth-order valence-corrected chi connectivity index (χ4v) is 9.82. The van der Waals surface area contributed by atoms with Crippen molar-refractivity contribution in [1.29, 1.82) is 0 Å². The number of hydrogen-bond acceptors (Lipinski definition) is 1. The lowest BCUT2D eigenvalue weighted by Gasteiger charge is -2.28. The van der Waals surface area contributed by atoms with Gasteiger partial charge in [0.15, 0.2) is 0 Å². The number of benzene rings is 9. The zero-order chi connectivity index (χ0) is 36.5. The van der Waals surface area contributed by atoms with E-state index in [0.717, 1.165) is 11.4 Å². The predicted octanol–water partition coefficient (Wildman–Crippen LogP) is 14.7. The van der Waals surface area contributed by atoms with E-state index in [1.54, 1.807) is 0 Å². The van der Waals surface area contributed by atoms with Crippen LogP contribution in [-0.4, -0.2) is 0 Å². The fraction of sp³-hybridized carbons (Fsp3) is 0.132. The van der Waals surface area contributed by atoms with Crippen molar-refractivity contribution in [3.63, 3.8) is 0 Å². The molecule has 2 aliphatic rings. The van der Waals surface area contributed by atoms with Crippen LogP contribution in [0.15, 0.2) is 158 Å². The van der Waals surface area contributed by atoms with Gasteiger partial charge >= 0.3 is 0 Å². The summed E-state index contributed by atoms with van der Waals surface area (Å²) < 4.78 is 0. The zero-order valence-corrected chi connectivity index (χ0v) is 31.5. The summed E-state index contributed by atoms with van der Waals surface area (Å²) in [4.78, 5) is 2.45. The number of anilines is 3. The molecule has 54 heavy (non-hydrogen) atoms. The highest BCUT2D eigenvalue weighted by Crippen LogP contribution is 2.53. The maximum atomic E-state index is 2.46. The molecule has 0 heterocycles. The molecule has 9 aromatic carbocycles. The van der Waals surface area contributed by atoms with Crippen LogP contribution in [0.25, 0.3) is 65.3 Å². The third-order valence-electron chi connectivity index (χ3n) is 12.8. The molecule has 0 bridgehead atoms. The van der Waals surface area contributed by atoms with E-state index < -0.39 is 0 Å². The Morgan fingerprint density at radius 1 is 0.333 bits per heavy atom. The Labute approximate surface area is 317 Å². The molecular weight excluding hydrogens is 651 g/mol. The normalized spacial score (nSPS) is 14.7. The van der Waals surface area contributed by atoms with E-state index in [1.165, 1.54) is 98.8 Å². The number of fused-ring (bicyclic) bond motifs is 10. The first kappa shape index (κ1) is 31.4. The van der Waals surface area contributed by atoms with Crippen molar-refractivity contribution in [3.05, 3.63) is 186 Å². The van der Waals surface area contributed by atoms with Gasteiger partial charge in [-0.05, 0) is 179 Å². The summed E-state index contributed by atoms with van der Waals surface area (Å²) in [6.07, 6.45) is 0. The minimum Gasteiger partial charge on any atom is -0.310 e. The largest absolute Gasteiger partial charge is 0.310 e. The van der Waals surface area contributed by atoms with Crippen LogP contribution >= 0.6 is 0 Å². The van der Waals surface area contributed by atoms with Gasteiger partial charge in [-0.1, -0.05) is 107 Å². The Bertz CT molecular complexity index is 2880. The van der Waals surface area contributed by atoms with Gasteiger partial charge in [-0.15, -0.1) is 0 Å². The molecule has 9 aromatic rings. The molecule has 0 radical (unpaired) electrons. The van der Waals surface area contributed by atoms with Gasteiger partial charge < -0.3 is 4.90 Å². The van der Waals surface area contributed by atoms with E-state index in [9.17, 15) is 0 Å². The molecule has 0 fully saturated rings. The molecule has 0 amide bonds. The van der Waals surface area contributed by atoms with Gasteiger partial charge in [0.25, 0.3) is 0 Å². The number of rotatable bonds is 3. The second-order valence-electron chi connectivity index (χ2n) is 16.7. The third kappa shape index (κ3) is 4.39. The summed E-state index contributed by atoms with van der Waals surface area (Å²) >= 11 is 0. The van der Waals surface area contributed by atoms with Crippen LogP contribution < -0.4 is 4.90 Å². The van der Waals surface area contributed by atoms with Crippen molar-refractivity contribution >= 4 is 60.2 Å². The van der Waals surface area contributed by atoms with E-state index in [-0.39, 0.29) is 10.8 Å². The van der Waals surface area contributed by atoms with Crippen molar-refractivity contribution in [2.24, 2.45) is 0 Å². The van der Waals surface area contributed by atoms with Crippen molar-refractivity contribution < 1.29 is 0 Å². The van der Waals surface area contributed by atoms with Gasteiger partial charge in [-0.2, -0.15) is 0 Å².